The highest BCUT2D eigenvalue weighted by Gasteiger charge is 2.81. The molecule has 0 spiro atoms. The van der Waals surface area contributed by atoms with Gasteiger partial charge in [-0.15, -0.1) is 0 Å². The molecular weight excluding hydrogens is 292 g/mol. The molecule has 0 saturated carbocycles. The zero-order valence-corrected chi connectivity index (χ0v) is 9.62. The molecule has 0 aromatic heterocycles. The largest absolute Gasteiger partial charge is 0.399 e. The van der Waals surface area contributed by atoms with E-state index in [2.05, 4.69) is 0 Å². The average molecular weight is 304 g/mol. The average Bonchev–Trinajstić information content (AvgIpc) is 2.23. The number of aliphatic hydroxyl groups is 2. The van der Waals surface area contributed by atoms with Crippen LogP contribution in [0, 0.1) is 0 Å². The van der Waals surface area contributed by atoms with E-state index in [1.807, 2.05) is 0 Å². The molecule has 2 N–H and O–H groups in total. The smallest absolute Gasteiger partial charge is 0.335 e. The lowest BCUT2D eigenvalue weighted by atomic mass is 9.96. The minimum absolute atomic E-state index is 0.130. The molecule has 0 heterocycles. The Kier molecular flexibility index (Phi) is 5.21. The lowest BCUT2D eigenvalue weighted by Crippen LogP contribution is -2.66. The second-order valence-corrected chi connectivity index (χ2v) is 3.97. The van der Waals surface area contributed by atoms with Gasteiger partial charge in [0.25, 0.3) is 0 Å². The van der Waals surface area contributed by atoms with Crippen LogP contribution in [0.4, 0.5) is 35.1 Å². The molecule has 1 unspecified atom stereocenters. The SMILES string of the molecule is CCCCC(F)C(F)(F)C(F)(F)C(F)(F)C(O)(O)F. The maximum Gasteiger partial charge on any atom is 0.399 e. The van der Waals surface area contributed by atoms with Gasteiger partial charge in [-0.2, -0.15) is 30.7 Å². The zero-order chi connectivity index (χ0) is 15.7. The number of hydrogen-bond acceptors (Lipinski definition) is 2. The minimum atomic E-state index is -6.62. The van der Waals surface area contributed by atoms with E-state index < -0.39 is 36.4 Å². The normalized spacial score (nSPS) is 16.6. The van der Waals surface area contributed by atoms with Gasteiger partial charge in [0.1, 0.15) is 0 Å². The summed E-state index contributed by atoms with van der Waals surface area (Å²) in [5, 5.41) is 15.6. The molecule has 0 aliphatic carbocycles. The Labute approximate surface area is 103 Å². The van der Waals surface area contributed by atoms with Crippen LogP contribution >= 0.6 is 0 Å². The van der Waals surface area contributed by atoms with E-state index in [1.165, 1.54) is 6.92 Å². The van der Waals surface area contributed by atoms with Gasteiger partial charge in [-0.1, -0.05) is 19.8 Å². The van der Waals surface area contributed by atoms with Crippen LogP contribution in [0.2, 0.25) is 0 Å². The van der Waals surface area contributed by atoms with E-state index in [0.29, 0.717) is 0 Å². The van der Waals surface area contributed by atoms with Crippen molar-refractivity contribution in [1.82, 2.24) is 0 Å². The Morgan fingerprint density at radius 1 is 0.895 bits per heavy atom. The van der Waals surface area contributed by atoms with Gasteiger partial charge < -0.3 is 10.2 Å². The van der Waals surface area contributed by atoms with Crippen LogP contribution in [0.1, 0.15) is 26.2 Å². The summed E-state index contributed by atoms with van der Waals surface area (Å²) in [5.41, 5.74) is 0. The number of unbranched alkanes of at least 4 members (excludes halogenated alkanes) is 1. The van der Waals surface area contributed by atoms with Crippen molar-refractivity contribution in [2.75, 3.05) is 0 Å². The van der Waals surface area contributed by atoms with Crippen LogP contribution in [0.15, 0.2) is 0 Å². The molecule has 0 aromatic carbocycles. The molecule has 0 radical (unpaired) electrons. The van der Waals surface area contributed by atoms with Gasteiger partial charge >= 0.3 is 23.8 Å². The molecule has 0 rings (SSSR count). The highest BCUT2D eigenvalue weighted by Crippen LogP contribution is 2.52. The van der Waals surface area contributed by atoms with Gasteiger partial charge in [0.15, 0.2) is 6.17 Å². The Hall–Kier alpha value is -0.640. The predicted molar refractivity (Wildman–Crippen MR) is 47.5 cm³/mol. The van der Waals surface area contributed by atoms with Crippen LogP contribution in [0.3, 0.4) is 0 Å². The lowest BCUT2D eigenvalue weighted by Gasteiger charge is -2.36. The summed E-state index contributed by atoms with van der Waals surface area (Å²) in [7, 11) is 0. The molecule has 0 amide bonds. The van der Waals surface area contributed by atoms with E-state index in [1.54, 1.807) is 0 Å². The lowest BCUT2D eigenvalue weighted by molar-refractivity contribution is -0.444. The minimum Gasteiger partial charge on any atom is -0.335 e. The first kappa shape index (κ1) is 18.4. The van der Waals surface area contributed by atoms with E-state index in [4.69, 9.17) is 10.2 Å². The predicted octanol–water partition coefficient (Wildman–Crippen LogP) is 3.03. The van der Waals surface area contributed by atoms with Gasteiger partial charge in [0.2, 0.25) is 0 Å². The van der Waals surface area contributed by atoms with Crippen molar-refractivity contribution in [2.45, 2.75) is 56.2 Å². The van der Waals surface area contributed by atoms with Crippen molar-refractivity contribution < 1.29 is 45.3 Å². The number of hydrogen-bond donors (Lipinski definition) is 2. The monoisotopic (exact) mass is 304 g/mol. The highest BCUT2D eigenvalue weighted by molar-refractivity contribution is 5.02. The van der Waals surface area contributed by atoms with Crippen LogP contribution in [0.5, 0.6) is 0 Å². The van der Waals surface area contributed by atoms with Crippen molar-refractivity contribution in [1.29, 1.82) is 0 Å². The molecule has 2 nitrogen and oxygen atoms in total. The molecule has 10 heteroatoms. The van der Waals surface area contributed by atoms with Gasteiger partial charge in [-0.05, 0) is 6.42 Å². The summed E-state index contributed by atoms with van der Waals surface area (Å²) >= 11 is 0. The van der Waals surface area contributed by atoms with E-state index in [9.17, 15) is 35.1 Å². The van der Waals surface area contributed by atoms with Gasteiger partial charge in [0.05, 0.1) is 0 Å². The number of halogens is 8. The van der Waals surface area contributed by atoms with Crippen molar-refractivity contribution >= 4 is 0 Å². The number of alkyl halides is 8. The fourth-order valence-electron chi connectivity index (χ4n) is 1.17. The molecule has 0 aliphatic heterocycles. The third-order valence-electron chi connectivity index (χ3n) is 2.42. The van der Waals surface area contributed by atoms with Crippen molar-refractivity contribution in [3.05, 3.63) is 0 Å². The first-order valence-electron chi connectivity index (χ1n) is 5.14. The molecule has 116 valence electrons. The van der Waals surface area contributed by atoms with E-state index in [-0.39, 0.29) is 12.8 Å². The van der Waals surface area contributed by atoms with Gasteiger partial charge in [-0.3, -0.25) is 0 Å². The zero-order valence-electron chi connectivity index (χ0n) is 9.62. The Morgan fingerprint density at radius 3 is 1.63 bits per heavy atom. The third kappa shape index (κ3) is 3.10. The third-order valence-corrected chi connectivity index (χ3v) is 2.42. The first-order valence-corrected chi connectivity index (χ1v) is 5.14. The molecule has 0 aromatic rings. The van der Waals surface area contributed by atoms with Crippen molar-refractivity contribution in [3.8, 4) is 0 Å². The van der Waals surface area contributed by atoms with Gasteiger partial charge in [-0.25, -0.2) is 4.39 Å². The summed E-state index contributed by atoms with van der Waals surface area (Å²) in [6, 6.07) is -5.91. The molecule has 1 atom stereocenters. The van der Waals surface area contributed by atoms with E-state index in [0.717, 1.165) is 0 Å². The summed E-state index contributed by atoms with van der Waals surface area (Å²) < 4.78 is 102. The quantitative estimate of drug-likeness (QED) is 0.561. The molecule has 0 bridgehead atoms. The fraction of sp³-hybridized carbons (Fsp3) is 1.00. The summed E-state index contributed by atoms with van der Waals surface area (Å²) in [6.45, 7) is 1.41. The fourth-order valence-corrected chi connectivity index (χ4v) is 1.17. The second kappa shape index (κ2) is 5.39. The van der Waals surface area contributed by atoms with Crippen LogP contribution in [-0.4, -0.2) is 40.2 Å². The molecule has 0 saturated heterocycles. The maximum absolute atomic E-state index is 13.0. The van der Waals surface area contributed by atoms with Crippen LogP contribution in [-0.2, 0) is 0 Å². The standard InChI is InChI=1S/C9H12F8O2/c1-2-3-4-5(10)6(11,12)7(13,14)8(15,16)9(17,18)19/h5,18-19H,2-4H2,1H3. The van der Waals surface area contributed by atoms with E-state index >= 15 is 0 Å². The summed E-state index contributed by atoms with van der Waals surface area (Å²) in [6.07, 6.45) is -5.01. The van der Waals surface area contributed by atoms with Crippen molar-refractivity contribution in [2.24, 2.45) is 0 Å². The summed E-state index contributed by atoms with van der Waals surface area (Å²) in [4.78, 5) is 0. The van der Waals surface area contributed by atoms with Crippen molar-refractivity contribution in [3.63, 3.8) is 0 Å². The second-order valence-electron chi connectivity index (χ2n) is 3.97. The highest BCUT2D eigenvalue weighted by atomic mass is 19.4. The van der Waals surface area contributed by atoms with Crippen LogP contribution < -0.4 is 0 Å². The summed E-state index contributed by atoms with van der Waals surface area (Å²) in [5.74, 6) is -19.2. The van der Waals surface area contributed by atoms with Gasteiger partial charge in [0, 0.05) is 0 Å². The molecule has 0 aliphatic rings. The first-order chi connectivity index (χ1) is 8.23. The molecule has 19 heavy (non-hydrogen) atoms. The Morgan fingerprint density at radius 2 is 1.32 bits per heavy atom. The molecule has 0 fully saturated rings. The number of rotatable bonds is 7. The Balaban J connectivity index is 5.38. The Bertz CT molecular complexity index is 299. The van der Waals surface area contributed by atoms with Crippen LogP contribution in [0.25, 0.3) is 0 Å². The topological polar surface area (TPSA) is 40.5 Å². The molecular formula is C9H12F8O2. The maximum atomic E-state index is 13.0.